The molecule has 2 aromatic carbocycles. The van der Waals surface area contributed by atoms with Crippen molar-refractivity contribution in [3.8, 4) is 5.69 Å². The van der Waals surface area contributed by atoms with E-state index in [1.165, 1.54) is 11.0 Å². The molecule has 0 radical (unpaired) electrons. The van der Waals surface area contributed by atoms with Crippen LogP contribution in [-0.2, 0) is 9.53 Å². The summed E-state index contributed by atoms with van der Waals surface area (Å²) in [6.07, 6.45) is 2.26. The first-order valence-corrected chi connectivity index (χ1v) is 9.48. The largest absolute Gasteiger partial charge is 0.449 e. The van der Waals surface area contributed by atoms with Gasteiger partial charge in [0.25, 0.3) is 5.91 Å². The number of benzene rings is 2. The zero-order valence-electron chi connectivity index (χ0n) is 16.4. The van der Waals surface area contributed by atoms with Crippen LogP contribution in [0.5, 0.6) is 0 Å². The van der Waals surface area contributed by atoms with Gasteiger partial charge >= 0.3 is 5.97 Å². The summed E-state index contributed by atoms with van der Waals surface area (Å²) >= 11 is 0. The van der Waals surface area contributed by atoms with Crippen LogP contribution in [-0.4, -0.2) is 38.2 Å². The first kappa shape index (κ1) is 20.2. The molecule has 0 aliphatic carbocycles. The molecule has 1 amide bonds. The minimum absolute atomic E-state index is 0.120. The smallest absolute Gasteiger partial charge is 0.338 e. The molecular formula is C21H23N5O3. The van der Waals surface area contributed by atoms with E-state index in [4.69, 9.17) is 4.74 Å². The van der Waals surface area contributed by atoms with Crippen LogP contribution < -0.4 is 5.32 Å². The number of ether oxygens (including phenoxy) is 1. The van der Waals surface area contributed by atoms with Crippen LogP contribution >= 0.6 is 0 Å². The lowest BCUT2D eigenvalue weighted by Gasteiger charge is -2.21. The maximum absolute atomic E-state index is 12.6. The Morgan fingerprint density at radius 1 is 1.10 bits per heavy atom. The number of nitrogens with one attached hydrogen (secondary N) is 1. The van der Waals surface area contributed by atoms with Crippen LogP contribution in [0.15, 0.2) is 60.9 Å². The number of carbonyl (C=O) groups excluding carboxylic acids is 2. The van der Waals surface area contributed by atoms with E-state index in [1.807, 2.05) is 30.3 Å². The van der Waals surface area contributed by atoms with E-state index in [0.29, 0.717) is 11.3 Å². The number of tetrazole rings is 1. The standard InChI is InChI=1S/C21H23N5O3/c1-3-7-19(16-8-5-4-6-9-16)23-20(27)15(2)29-21(28)17-10-12-18(13-11-17)26-14-22-24-25-26/h4-6,8-15,19H,3,7H2,1-2H3,(H,23,27)/t15-,19-/m0/s1. The van der Waals surface area contributed by atoms with E-state index in [2.05, 4.69) is 27.8 Å². The Balaban J connectivity index is 1.60. The minimum atomic E-state index is -0.912. The Morgan fingerprint density at radius 2 is 1.83 bits per heavy atom. The van der Waals surface area contributed by atoms with E-state index in [0.717, 1.165) is 18.4 Å². The van der Waals surface area contributed by atoms with Gasteiger partial charge in [0.05, 0.1) is 17.3 Å². The number of hydrogen-bond acceptors (Lipinski definition) is 6. The lowest BCUT2D eigenvalue weighted by Crippen LogP contribution is -2.38. The molecule has 8 nitrogen and oxygen atoms in total. The van der Waals surface area contributed by atoms with E-state index in [9.17, 15) is 9.59 Å². The predicted molar refractivity (Wildman–Crippen MR) is 106 cm³/mol. The molecule has 3 rings (SSSR count). The summed E-state index contributed by atoms with van der Waals surface area (Å²) in [6.45, 7) is 3.63. The zero-order valence-corrected chi connectivity index (χ0v) is 16.4. The van der Waals surface area contributed by atoms with Gasteiger partial charge in [-0.25, -0.2) is 9.48 Å². The third-order valence-corrected chi connectivity index (χ3v) is 4.47. The molecular weight excluding hydrogens is 370 g/mol. The first-order chi connectivity index (χ1) is 14.1. The topological polar surface area (TPSA) is 99.0 Å². The highest BCUT2D eigenvalue weighted by molar-refractivity contribution is 5.92. The van der Waals surface area contributed by atoms with Crippen molar-refractivity contribution in [3.63, 3.8) is 0 Å². The molecule has 1 heterocycles. The van der Waals surface area contributed by atoms with Gasteiger partial charge in [-0.3, -0.25) is 4.79 Å². The lowest BCUT2D eigenvalue weighted by molar-refractivity contribution is -0.129. The maximum atomic E-state index is 12.6. The maximum Gasteiger partial charge on any atom is 0.338 e. The van der Waals surface area contributed by atoms with Crippen LogP contribution in [0, 0.1) is 0 Å². The van der Waals surface area contributed by atoms with Crippen molar-refractivity contribution in [1.29, 1.82) is 0 Å². The Bertz CT molecular complexity index is 927. The number of amides is 1. The number of hydrogen-bond donors (Lipinski definition) is 1. The van der Waals surface area contributed by atoms with Gasteiger partial charge in [-0.15, -0.1) is 5.10 Å². The quantitative estimate of drug-likeness (QED) is 0.591. The van der Waals surface area contributed by atoms with Gasteiger partial charge in [0.2, 0.25) is 0 Å². The van der Waals surface area contributed by atoms with Gasteiger partial charge in [-0.05, 0) is 53.6 Å². The summed E-state index contributed by atoms with van der Waals surface area (Å²) in [6, 6.07) is 16.2. The minimum Gasteiger partial charge on any atom is -0.449 e. The number of carbonyl (C=O) groups is 2. The molecule has 8 heteroatoms. The van der Waals surface area contributed by atoms with E-state index in [-0.39, 0.29) is 11.9 Å². The average molecular weight is 393 g/mol. The molecule has 1 N–H and O–H groups in total. The third-order valence-electron chi connectivity index (χ3n) is 4.47. The summed E-state index contributed by atoms with van der Waals surface area (Å²) in [5.74, 6) is -0.895. The van der Waals surface area contributed by atoms with Gasteiger partial charge in [0, 0.05) is 0 Å². The average Bonchev–Trinajstić information content (AvgIpc) is 3.29. The van der Waals surface area contributed by atoms with Gasteiger partial charge in [-0.1, -0.05) is 43.7 Å². The molecule has 0 saturated heterocycles. The van der Waals surface area contributed by atoms with Gasteiger partial charge in [0.15, 0.2) is 6.10 Å². The Labute approximate surface area is 168 Å². The molecule has 0 saturated carbocycles. The Kier molecular flexibility index (Phi) is 6.67. The highest BCUT2D eigenvalue weighted by Crippen LogP contribution is 2.18. The number of aromatic nitrogens is 4. The summed E-state index contributed by atoms with van der Waals surface area (Å²) in [5, 5.41) is 13.9. The van der Waals surface area contributed by atoms with Crippen molar-refractivity contribution in [3.05, 3.63) is 72.1 Å². The fourth-order valence-corrected chi connectivity index (χ4v) is 2.90. The first-order valence-electron chi connectivity index (χ1n) is 9.48. The van der Waals surface area contributed by atoms with E-state index < -0.39 is 12.1 Å². The summed E-state index contributed by atoms with van der Waals surface area (Å²) in [5.41, 5.74) is 2.08. The molecule has 0 aliphatic heterocycles. The molecule has 2 atom stereocenters. The van der Waals surface area contributed by atoms with Crippen molar-refractivity contribution in [2.75, 3.05) is 0 Å². The normalized spacial score (nSPS) is 12.8. The van der Waals surface area contributed by atoms with E-state index >= 15 is 0 Å². The molecule has 0 aliphatic rings. The Hall–Kier alpha value is -3.55. The predicted octanol–water partition coefficient (Wildman–Crippen LogP) is 2.87. The fourth-order valence-electron chi connectivity index (χ4n) is 2.90. The van der Waals surface area contributed by atoms with Crippen molar-refractivity contribution in [1.82, 2.24) is 25.5 Å². The SMILES string of the molecule is CCC[C@H](NC(=O)[C@H](C)OC(=O)c1ccc(-n2cnnn2)cc1)c1ccccc1. The second-order valence-electron chi connectivity index (χ2n) is 6.61. The second kappa shape index (κ2) is 9.59. The summed E-state index contributed by atoms with van der Waals surface area (Å²) < 4.78 is 6.82. The highest BCUT2D eigenvalue weighted by atomic mass is 16.5. The number of rotatable bonds is 8. The van der Waals surface area contributed by atoms with Gasteiger partial charge in [0.1, 0.15) is 6.33 Å². The zero-order chi connectivity index (χ0) is 20.6. The molecule has 150 valence electrons. The van der Waals surface area contributed by atoms with Gasteiger partial charge < -0.3 is 10.1 Å². The van der Waals surface area contributed by atoms with Crippen LogP contribution in [0.2, 0.25) is 0 Å². The van der Waals surface area contributed by atoms with Crippen LogP contribution in [0.1, 0.15) is 48.7 Å². The van der Waals surface area contributed by atoms with E-state index in [1.54, 1.807) is 31.2 Å². The molecule has 0 fully saturated rings. The van der Waals surface area contributed by atoms with Gasteiger partial charge in [-0.2, -0.15) is 0 Å². The lowest BCUT2D eigenvalue weighted by atomic mass is 10.0. The Morgan fingerprint density at radius 3 is 2.45 bits per heavy atom. The number of esters is 1. The summed E-state index contributed by atoms with van der Waals surface area (Å²) in [4.78, 5) is 25.0. The monoisotopic (exact) mass is 393 g/mol. The second-order valence-corrected chi connectivity index (χ2v) is 6.61. The third kappa shape index (κ3) is 5.25. The van der Waals surface area contributed by atoms with Crippen LogP contribution in [0.3, 0.4) is 0 Å². The van der Waals surface area contributed by atoms with Crippen LogP contribution in [0.25, 0.3) is 5.69 Å². The molecule has 0 unspecified atom stereocenters. The molecule has 1 aromatic heterocycles. The van der Waals surface area contributed by atoms with Crippen molar-refractivity contribution in [2.24, 2.45) is 0 Å². The molecule has 29 heavy (non-hydrogen) atoms. The molecule has 0 spiro atoms. The fraction of sp³-hybridized carbons (Fsp3) is 0.286. The molecule has 0 bridgehead atoms. The number of nitrogens with zero attached hydrogens (tertiary/aromatic N) is 4. The molecule has 3 aromatic rings. The van der Waals surface area contributed by atoms with Crippen molar-refractivity contribution >= 4 is 11.9 Å². The van der Waals surface area contributed by atoms with Crippen LogP contribution in [0.4, 0.5) is 0 Å². The van der Waals surface area contributed by atoms with Crippen molar-refractivity contribution in [2.45, 2.75) is 38.8 Å². The highest BCUT2D eigenvalue weighted by Gasteiger charge is 2.22. The summed E-state index contributed by atoms with van der Waals surface area (Å²) in [7, 11) is 0. The van der Waals surface area contributed by atoms with Crippen molar-refractivity contribution < 1.29 is 14.3 Å².